The van der Waals surface area contributed by atoms with Crippen molar-refractivity contribution < 1.29 is 4.79 Å². The average molecular weight is 192 g/mol. The Hall–Kier alpha value is -1.02. The predicted molar refractivity (Wildman–Crippen MR) is 58.3 cm³/mol. The summed E-state index contributed by atoms with van der Waals surface area (Å²) >= 11 is 3.86. The number of ketones is 1. The molecule has 0 saturated carbocycles. The fraction of sp³-hybridized carbons (Fsp3) is 0.182. The van der Waals surface area contributed by atoms with Crippen LogP contribution in [0.5, 0.6) is 0 Å². The lowest BCUT2D eigenvalue weighted by atomic mass is 10.1. The number of hydrogen-bond donors (Lipinski definition) is 1. The first kappa shape index (κ1) is 10.1. The van der Waals surface area contributed by atoms with Crippen molar-refractivity contribution in [1.29, 1.82) is 0 Å². The Morgan fingerprint density at radius 1 is 1.54 bits per heavy atom. The van der Waals surface area contributed by atoms with Crippen LogP contribution in [0.2, 0.25) is 0 Å². The summed E-state index contributed by atoms with van der Waals surface area (Å²) in [5.41, 5.74) is 1.91. The monoisotopic (exact) mass is 192 g/mol. The SMILES string of the molecule is CCc1cccc(C(=O)/C=C/S)c1. The zero-order valence-electron chi connectivity index (χ0n) is 7.53. The molecule has 13 heavy (non-hydrogen) atoms. The van der Waals surface area contributed by atoms with Crippen LogP contribution in [0.4, 0.5) is 0 Å². The van der Waals surface area contributed by atoms with Gasteiger partial charge in [0, 0.05) is 5.56 Å². The first-order valence-electron chi connectivity index (χ1n) is 4.22. The summed E-state index contributed by atoms with van der Waals surface area (Å²) in [6.07, 6.45) is 2.41. The molecule has 0 N–H and O–H groups in total. The number of carbonyl (C=O) groups is 1. The number of thiol groups is 1. The summed E-state index contributed by atoms with van der Waals surface area (Å²) in [5.74, 6) is 0.00491. The van der Waals surface area contributed by atoms with Crippen LogP contribution in [0.25, 0.3) is 0 Å². The summed E-state index contributed by atoms with van der Waals surface area (Å²) in [7, 11) is 0. The average Bonchev–Trinajstić information content (AvgIpc) is 2.18. The summed E-state index contributed by atoms with van der Waals surface area (Å²) in [4.78, 5) is 11.4. The molecule has 68 valence electrons. The normalized spacial score (nSPS) is 10.6. The molecule has 0 atom stereocenters. The molecule has 0 spiro atoms. The van der Waals surface area contributed by atoms with Crippen LogP contribution in [0.3, 0.4) is 0 Å². The lowest BCUT2D eigenvalue weighted by molar-refractivity contribution is 0.104. The van der Waals surface area contributed by atoms with Crippen LogP contribution in [0.15, 0.2) is 35.7 Å². The second kappa shape index (κ2) is 4.87. The van der Waals surface area contributed by atoms with E-state index in [1.165, 1.54) is 17.0 Å². The summed E-state index contributed by atoms with van der Waals surface area (Å²) in [6, 6.07) is 7.64. The lowest BCUT2D eigenvalue weighted by Gasteiger charge is -1.98. The van der Waals surface area contributed by atoms with Gasteiger partial charge < -0.3 is 0 Å². The molecule has 1 aromatic rings. The first-order valence-corrected chi connectivity index (χ1v) is 4.73. The van der Waals surface area contributed by atoms with Crippen LogP contribution >= 0.6 is 12.6 Å². The molecule has 1 aromatic carbocycles. The van der Waals surface area contributed by atoms with Gasteiger partial charge >= 0.3 is 0 Å². The number of rotatable bonds is 3. The van der Waals surface area contributed by atoms with Crippen molar-refractivity contribution in [2.24, 2.45) is 0 Å². The molecule has 1 rings (SSSR count). The molecular formula is C11H12OS. The van der Waals surface area contributed by atoms with Crippen molar-refractivity contribution in [2.75, 3.05) is 0 Å². The predicted octanol–water partition coefficient (Wildman–Crippen LogP) is 2.88. The van der Waals surface area contributed by atoms with E-state index in [1.54, 1.807) is 0 Å². The van der Waals surface area contributed by atoms with Crippen LogP contribution < -0.4 is 0 Å². The highest BCUT2D eigenvalue weighted by molar-refractivity contribution is 7.83. The highest BCUT2D eigenvalue weighted by Crippen LogP contribution is 2.07. The molecule has 0 aliphatic carbocycles. The van der Waals surface area contributed by atoms with Crippen molar-refractivity contribution in [3.8, 4) is 0 Å². The molecule has 0 aliphatic heterocycles. The maximum absolute atomic E-state index is 11.4. The van der Waals surface area contributed by atoms with E-state index in [0.29, 0.717) is 0 Å². The van der Waals surface area contributed by atoms with E-state index in [1.807, 2.05) is 24.3 Å². The second-order valence-corrected chi connectivity index (χ2v) is 3.03. The van der Waals surface area contributed by atoms with E-state index in [2.05, 4.69) is 19.6 Å². The van der Waals surface area contributed by atoms with Gasteiger partial charge in [-0.2, -0.15) is 12.6 Å². The van der Waals surface area contributed by atoms with Gasteiger partial charge in [-0.05, 0) is 29.5 Å². The van der Waals surface area contributed by atoms with Crippen LogP contribution in [0.1, 0.15) is 22.8 Å². The smallest absolute Gasteiger partial charge is 0.186 e. The minimum absolute atomic E-state index is 0.00491. The zero-order valence-corrected chi connectivity index (χ0v) is 8.42. The molecule has 0 bridgehead atoms. The van der Waals surface area contributed by atoms with Gasteiger partial charge in [-0.3, -0.25) is 4.79 Å². The topological polar surface area (TPSA) is 17.1 Å². The molecule has 0 heterocycles. The number of aryl methyl sites for hydroxylation is 1. The van der Waals surface area contributed by atoms with Gasteiger partial charge in [0.25, 0.3) is 0 Å². The minimum Gasteiger partial charge on any atom is -0.289 e. The van der Waals surface area contributed by atoms with Crippen LogP contribution in [0, 0.1) is 0 Å². The summed E-state index contributed by atoms with van der Waals surface area (Å²) < 4.78 is 0. The molecule has 0 unspecified atom stereocenters. The standard InChI is InChI=1S/C11H12OS/c1-2-9-4-3-5-10(8-9)11(12)6-7-13/h3-8,13H,2H2,1H3/b7-6+. The molecular weight excluding hydrogens is 180 g/mol. The van der Waals surface area contributed by atoms with E-state index in [0.717, 1.165) is 12.0 Å². The molecule has 0 amide bonds. The molecule has 0 radical (unpaired) electrons. The molecule has 0 aliphatic rings. The Kier molecular flexibility index (Phi) is 3.77. The van der Waals surface area contributed by atoms with E-state index in [4.69, 9.17) is 0 Å². The van der Waals surface area contributed by atoms with Gasteiger partial charge in [0.2, 0.25) is 0 Å². The molecule has 0 aromatic heterocycles. The number of hydrogen-bond acceptors (Lipinski definition) is 2. The molecule has 0 saturated heterocycles. The van der Waals surface area contributed by atoms with Gasteiger partial charge in [0.1, 0.15) is 0 Å². The fourth-order valence-corrected chi connectivity index (χ4v) is 1.24. The Labute approximate surface area is 83.9 Å². The third-order valence-electron chi connectivity index (χ3n) is 1.85. The maximum Gasteiger partial charge on any atom is 0.186 e. The fourth-order valence-electron chi connectivity index (χ4n) is 1.11. The largest absolute Gasteiger partial charge is 0.289 e. The summed E-state index contributed by atoms with van der Waals surface area (Å²) in [5, 5.41) is 1.46. The van der Waals surface area contributed by atoms with E-state index in [9.17, 15) is 4.79 Å². The second-order valence-electron chi connectivity index (χ2n) is 2.73. The van der Waals surface area contributed by atoms with Crippen molar-refractivity contribution in [2.45, 2.75) is 13.3 Å². The number of allylic oxidation sites excluding steroid dienone is 1. The van der Waals surface area contributed by atoms with Crippen molar-refractivity contribution >= 4 is 18.4 Å². The minimum atomic E-state index is 0.00491. The third-order valence-corrected chi connectivity index (χ3v) is 1.99. The Balaban J connectivity index is 2.94. The molecule has 2 heteroatoms. The third kappa shape index (κ3) is 2.74. The Bertz CT molecular complexity index is 329. The van der Waals surface area contributed by atoms with Gasteiger partial charge in [0.05, 0.1) is 0 Å². The van der Waals surface area contributed by atoms with E-state index in [-0.39, 0.29) is 5.78 Å². The summed E-state index contributed by atoms with van der Waals surface area (Å²) in [6.45, 7) is 2.07. The Morgan fingerprint density at radius 3 is 2.92 bits per heavy atom. The van der Waals surface area contributed by atoms with Crippen LogP contribution in [-0.2, 0) is 6.42 Å². The lowest BCUT2D eigenvalue weighted by Crippen LogP contribution is -1.94. The van der Waals surface area contributed by atoms with E-state index < -0.39 is 0 Å². The zero-order chi connectivity index (χ0) is 9.68. The highest BCUT2D eigenvalue weighted by Gasteiger charge is 2.00. The highest BCUT2D eigenvalue weighted by atomic mass is 32.1. The Morgan fingerprint density at radius 2 is 2.31 bits per heavy atom. The van der Waals surface area contributed by atoms with E-state index >= 15 is 0 Å². The maximum atomic E-state index is 11.4. The van der Waals surface area contributed by atoms with Crippen LogP contribution in [-0.4, -0.2) is 5.78 Å². The van der Waals surface area contributed by atoms with Crippen molar-refractivity contribution in [3.63, 3.8) is 0 Å². The van der Waals surface area contributed by atoms with Crippen molar-refractivity contribution in [1.82, 2.24) is 0 Å². The van der Waals surface area contributed by atoms with Gasteiger partial charge in [0.15, 0.2) is 5.78 Å². The number of carbonyl (C=O) groups excluding carboxylic acids is 1. The van der Waals surface area contributed by atoms with Gasteiger partial charge in [-0.25, -0.2) is 0 Å². The van der Waals surface area contributed by atoms with Crippen molar-refractivity contribution in [3.05, 3.63) is 46.9 Å². The number of benzene rings is 1. The van der Waals surface area contributed by atoms with Gasteiger partial charge in [-0.15, -0.1) is 0 Å². The molecule has 1 nitrogen and oxygen atoms in total. The van der Waals surface area contributed by atoms with Gasteiger partial charge in [-0.1, -0.05) is 25.1 Å². The first-order chi connectivity index (χ1) is 6.27. The quantitative estimate of drug-likeness (QED) is 0.442. The molecule has 0 fully saturated rings.